The van der Waals surface area contributed by atoms with E-state index < -0.39 is 12.9 Å². The van der Waals surface area contributed by atoms with E-state index in [0.717, 1.165) is 12.8 Å². The minimum Gasteiger partial charge on any atom is -0.494 e. The molecule has 0 saturated heterocycles. The van der Waals surface area contributed by atoms with Crippen LogP contribution in [-0.2, 0) is 11.8 Å². The number of para-hydroxylation sites is 1. The molecule has 0 bridgehead atoms. The molecule has 2 heterocycles. The van der Waals surface area contributed by atoms with Gasteiger partial charge in [0.15, 0.2) is 17.3 Å². The number of aromatic nitrogens is 4. The van der Waals surface area contributed by atoms with Crippen LogP contribution in [0.25, 0.3) is 11.3 Å². The topological polar surface area (TPSA) is 143 Å². The summed E-state index contributed by atoms with van der Waals surface area (Å²) in [6.07, 6.45) is 1.56. The first-order chi connectivity index (χ1) is 18.4. The Morgan fingerprint density at radius 3 is 2.61 bits per heavy atom. The number of carbonyl (C=O) groups excluding carboxylic acids is 3. The van der Waals surface area contributed by atoms with Gasteiger partial charge in [0.1, 0.15) is 5.69 Å². The molecule has 0 aliphatic heterocycles. The monoisotopic (exact) mass is 495 g/mol. The van der Waals surface area contributed by atoms with E-state index in [1.165, 1.54) is 22.8 Å². The minimum atomic E-state index is -2.76. The average Bonchev–Trinajstić information content (AvgIpc) is 3.64. The van der Waals surface area contributed by atoms with Gasteiger partial charge < -0.3 is 25.6 Å². The molecule has 188 valence electrons. The van der Waals surface area contributed by atoms with Crippen LogP contribution in [0.3, 0.4) is 0 Å². The molecule has 4 rings (SSSR count). The fourth-order valence-electron chi connectivity index (χ4n) is 3.58. The molecule has 12 nitrogen and oxygen atoms in total. The summed E-state index contributed by atoms with van der Waals surface area (Å²) in [5.41, 5.74) is 1.55. The lowest BCUT2D eigenvalue weighted by Gasteiger charge is -2.16. The number of hydrogen-bond donors (Lipinski definition) is 3. The van der Waals surface area contributed by atoms with Gasteiger partial charge in [-0.25, -0.2) is 0 Å². The van der Waals surface area contributed by atoms with Crippen molar-refractivity contribution >= 4 is 34.9 Å². The van der Waals surface area contributed by atoms with Gasteiger partial charge in [-0.1, -0.05) is 6.07 Å². The molecule has 1 aromatic carbocycles. The third-order valence-electron chi connectivity index (χ3n) is 5.59. The molecular formula is C24H28N8O4. The van der Waals surface area contributed by atoms with Crippen LogP contribution in [0.4, 0.5) is 17.2 Å². The molecule has 1 saturated carbocycles. The van der Waals surface area contributed by atoms with Crippen LogP contribution in [0.1, 0.15) is 37.9 Å². The summed E-state index contributed by atoms with van der Waals surface area (Å²) in [6.45, 7) is -2.76. The van der Waals surface area contributed by atoms with Crippen molar-refractivity contribution in [2.75, 3.05) is 38.8 Å². The highest BCUT2D eigenvalue weighted by atomic mass is 16.5. The number of anilines is 3. The normalized spacial score (nSPS) is 14.2. The molecular weight excluding hydrogens is 464 g/mol. The van der Waals surface area contributed by atoms with E-state index in [0.29, 0.717) is 28.4 Å². The highest BCUT2D eigenvalue weighted by Crippen LogP contribution is 2.38. The summed E-state index contributed by atoms with van der Waals surface area (Å²) in [7, 11) is 6.40. The van der Waals surface area contributed by atoms with Crippen molar-refractivity contribution in [2.24, 2.45) is 13.0 Å². The Morgan fingerprint density at radius 1 is 1.17 bits per heavy atom. The predicted octanol–water partition coefficient (Wildman–Crippen LogP) is 2.04. The number of ether oxygens (including phenoxy) is 1. The number of nitrogens with one attached hydrogen (secondary N) is 3. The third kappa shape index (κ3) is 4.97. The van der Waals surface area contributed by atoms with Crippen molar-refractivity contribution in [1.82, 2.24) is 30.2 Å². The number of rotatable bonds is 8. The van der Waals surface area contributed by atoms with Gasteiger partial charge in [-0.05, 0) is 31.0 Å². The number of methoxy groups -OCH3 is 1. The number of benzene rings is 1. The molecule has 3 aromatic rings. The lowest BCUT2D eigenvalue weighted by atomic mass is 10.1. The third-order valence-corrected chi connectivity index (χ3v) is 5.59. The van der Waals surface area contributed by atoms with E-state index in [1.807, 2.05) is 5.32 Å². The summed E-state index contributed by atoms with van der Waals surface area (Å²) in [6, 6.07) is 8.17. The SMILES string of the molecule is [2H]C([2H])([2H])NC(=O)c1nnc(NC(=O)C2CC2)cc1Nc1cccc(-c2cc(C(=O)N(C)C)n(C)n2)c1OC. The summed E-state index contributed by atoms with van der Waals surface area (Å²) >= 11 is 0. The van der Waals surface area contributed by atoms with Crippen LogP contribution < -0.4 is 20.7 Å². The number of aryl methyl sites for hydroxylation is 1. The quantitative estimate of drug-likeness (QED) is 0.431. The Labute approximate surface area is 212 Å². The van der Waals surface area contributed by atoms with Gasteiger partial charge >= 0.3 is 0 Å². The second-order valence-electron chi connectivity index (χ2n) is 8.46. The zero-order valence-electron chi connectivity index (χ0n) is 23.2. The first kappa shape index (κ1) is 20.9. The lowest BCUT2D eigenvalue weighted by molar-refractivity contribution is -0.117. The molecule has 1 aliphatic carbocycles. The summed E-state index contributed by atoms with van der Waals surface area (Å²) in [5, 5.41) is 19.9. The van der Waals surface area contributed by atoms with E-state index in [-0.39, 0.29) is 34.9 Å². The molecule has 1 fully saturated rings. The van der Waals surface area contributed by atoms with E-state index >= 15 is 0 Å². The molecule has 0 unspecified atom stereocenters. The molecule has 0 spiro atoms. The molecule has 0 radical (unpaired) electrons. The van der Waals surface area contributed by atoms with Crippen LogP contribution in [0, 0.1) is 5.92 Å². The van der Waals surface area contributed by atoms with E-state index in [1.54, 1.807) is 45.4 Å². The van der Waals surface area contributed by atoms with Crippen LogP contribution in [0.5, 0.6) is 5.75 Å². The Morgan fingerprint density at radius 2 is 1.94 bits per heavy atom. The number of carbonyl (C=O) groups is 3. The Balaban J connectivity index is 1.74. The first-order valence-corrected chi connectivity index (χ1v) is 11.1. The highest BCUT2D eigenvalue weighted by Gasteiger charge is 2.30. The molecule has 0 atom stereocenters. The van der Waals surface area contributed by atoms with Crippen molar-refractivity contribution in [2.45, 2.75) is 12.8 Å². The van der Waals surface area contributed by atoms with Gasteiger partial charge in [-0.2, -0.15) is 5.10 Å². The second-order valence-corrected chi connectivity index (χ2v) is 8.46. The Hall–Kier alpha value is -4.48. The fourth-order valence-corrected chi connectivity index (χ4v) is 3.58. The zero-order chi connectivity index (χ0) is 28.5. The number of nitrogens with zero attached hydrogens (tertiary/aromatic N) is 5. The minimum absolute atomic E-state index is 0.0813. The van der Waals surface area contributed by atoms with Gasteiger partial charge in [0, 0.05) is 49.8 Å². The molecule has 2 aromatic heterocycles. The maximum atomic E-state index is 12.7. The van der Waals surface area contributed by atoms with Crippen molar-refractivity contribution in [3.05, 3.63) is 41.7 Å². The molecule has 3 N–H and O–H groups in total. The first-order valence-electron chi connectivity index (χ1n) is 12.6. The number of hydrogen-bond acceptors (Lipinski definition) is 8. The van der Waals surface area contributed by atoms with Gasteiger partial charge in [-0.3, -0.25) is 19.1 Å². The highest BCUT2D eigenvalue weighted by molar-refractivity contribution is 6.00. The second kappa shape index (κ2) is 10.0. The summed E-state index contributed by atoms with van der Waals surface area (Å²) < 4.78 is 29.3. The smallest absolute Gasteiger partial charge is 0.273 e. The van der Waals surface area contributed by atoms with Crippen molar-refractivity contribution < 1.29 is 23.2 Å². The van der Waals surface area contributed by atoms with E-state index in [9.17, 15) is 14.4 Å². The number of amides is 3. The van der Waals surface area contributed by atoms with Gasteiger partial charge in [-0.15, -0.1) is 10.2 Å². The van der Waals surface area contributed by atoms with Crippen molar-refractivity contribution in [3.63, 3.8) is 0 Å². The summed E-state index contributed by atoms with van der Waals surface area (Å²) in [4.78, 5) is 39.0. The summed E-state index contributed by atoms with van der Waals surface area (Å²) in [5.74, 6) is -1.10. The molecule has 3 amide bonds. The molecule has 1 aliphatic rings. The fraction of sp³-hybridized carbons (Fsp3) is 0.333. The van der Waals surface area contributed by atoms with E-state index in [4.69, 9.17) is 8.85 Å². The maximum absolute atomic E-state index is 12.7. The Kier molecular flexibility index (Phi) is 5.80. The molecule has 12 heteroatoms. The average molecular weight is 496 g/mol. The van der Waals surface area contributed by atoms with Crippen LogP contribution >= 0.6 is 0 Å². The van der Waals surface area contributed by atoms with Crippen molar-refractivity contribution in [1.29, 1.82) is 0 Å². The zero-order valence-corrected chi connectivity index (χ0v) is 20.2. The van der Waals surface area contributed by atoms with Crippen LogP contribution in [0.15, 0.2) is 30.3 Å². The van der Waals surface area contributed by atoms with Crippen LogP contribution in [-0.4, -0.2) is 70.8 Å². The lowest BCUT2D eigenvalue weighted by Crippen LogP contribution is -2.24. The van der Waals surface area contributed by atoms with Gasteiger partial charge in [0.2, 0.25) is 5.91 Å². The maximum Gasteiger partial charge on any atom is 0.273 e. The van der Waals surface area contributed by atoms with Gasteiger partial charge in [0.05, 0.1) is 24.2 Å². The standard InChI is InChI=1S/C24H28N8O4/c1-25-23(34)20-17(12-19(28-29-20)27-22(33)13-9-10-13)26-15-8-6-7-14(21(15)36-5)16-11-18(32(4)30-16)24(35)31(2)3/h6-8,11-13H,9-10H2,1-5H3,(H,25,34)(H2,26,27,28,33)/i1D3. The van der Waals surface area contributed by atoms with Gasteiger partial charge in [0.25, 0.3) is 11.8 Å². The molecule has 36 heavy (non-hydrogen) atoms. The van der Waals surface area contributed by atoms with Crippen molar-refractivity contribution in [3.8, 4) is 17.0 Å². The van der Waals surface area contributed by atoms with E-state index in [2.05, 4.69) is 25.9 Å². The largest absolute Gasteiger partial charge is 0.494 e. The predicted molar refractivity (Wildman–Crippen MR) is 133 cm³/mol. The Bertz CT molecular complexity index is 1430. The van der Waals surface area contributed by atoms with Crippen LogP contribution in [0.2, 0.25) is 0 Å².